The largest absolute Gasteiger partial charge is 0.309 e. The lowest BCUT2D eigenvalue weighted by molar-refractivity contribution is 0.659. The number of hydrogen-bond acceptors (Lipinski definition) is 0. The molecule has 9 aromatic rings. The minimum Gasteiger partial charge on any atom is -0.309 e. The first-order chi connectivity index (χ1) is 27.3. The maximum atomic E-state index is 2.51. The zero-order valence-corrected chi connectivity index (χ0v) is 32.3. The SMILES string of the molecule is CC1(C)c2ccccc2-c2ccc(-c3ccc(C(c4ccc5c(c4)C(C)(C)c4ccccc4-5)c4ccc5c(c4)c4ccccc4n5-c4ccccc4)cc3)cc21. The van der Waals surface area contributed by atoms with Crippen LogP contribution >= 0.6 is 0 Å². The van der Waals surface area contributed by atoms with Crippen LogP contribution in [0.3, 0.4) is 0 Å². The lowest BCUT2D eigenvalue weighted by Crippen LogP contribution is -2.15. The Balaban J connectivity index is 1.07. The average molecular weight is 718 g/mol. The molecular formula is C55H43N. The van der Waals surface area contributed by atoms with Gasteiger partial charge in [0, 0.05) is 33.2 Å². The number of rotatable bonds is 5. The van der Waals surface area contributed by atoms with Crippen molar-refractivity contribution >= 4 is 21.8 Å². The Morgan fingerprint density at radius 3 is 1.57 bits per heavy atom. The molecule has 2 aliphatic carbocycles. The fraction of sp³-hybridized carbons (Fsp3) is 0.127. The first kappa shape index (κ1) is 32.9. The molecular weight excluding hydrogens is 675 g/mol. The van der Waals surface area contributed by atoms with Crippen LogP contribution in [-0.2, 0) is 10.8 Å². The van der Waals surface area contributed by atoms with Gasteiger partial charge in [0.2, 0.25) is 0 Å². The van der Waals surface area contributed by atoms with Crippen molar-refractivity contribution in [2.45, 2.75) is 44.4 Å². The third kappa shape index (κ3) is 4.74. The molecule has 11 rings (SSSR count). The summed E-state index contributed by atoms with van der Waals surface area (Å²) in [5.74, 6) is 0.0468. The van der Waals surface area contributed by atoms with Crippen LogP contribution in [0.15, 0.2) is 182 Å². The molecule has 1 aromatic heterocycles. The van der Waals surface area contributed by atoms with Crippen molar-refractivity contribution in [3.63, 3.8) is 0 Å². The number of hydrogen-bond donors (Lipinski definition) is 0. The molecule has 0 saturated carbocycles. The summed E-state index contributed by atoms with van der Waals surface area (Å²) in [7, 11) is 0. The van der Waals surface area contributed by atoms with E-state index in [9.17, 15) is 0 Å². The predicted molar refractivity (Wildman–Crippen MR) is 235 cm³/mol. The number of para-hydroxylation sites is 2. The standard InChI is InChI=1S/C55H43N/c1-54(2)47-19-11-8-16-41(47)43-29-26-37(33-49(43)54)35-22-24-36(25-23-35)53(39-27-30-44-42-17-9-12-20-48(42)55(3,4)50(44)34-39)38-28-31-52-46(32-38)45-18-10-13-21-51(45)56(52)40-14-6-5-7-15-40/h5-34,53H,1-4H3. The minimum absolute atomic E-state index is 0.0315. The summed E-state index contributed by atoms with van der Waals surface area (Å²) in [6.45, 7) is 9.48. The molecule has 1 nitrogen and oxygen atoms in total. The molecule has 0 aliphatic heterocycles. The smallest absolute Gasteiger partial charge is 0.0541 e. The van der Waals surface area contributed by atoms with E-state index in [1.54, 1.807) is 0 Å². The topological polar surface area (TPSA) is 4.93 Å². The summed E-state index contributed by atoms with van der Waals surface area (Å²) in [4.78, 5) is 0. The third-order valence-corrected chi connectivity index (χ3v) is 13.1. The van der Waals surface area contributed by atoms with E-state index in [-0.39, 0.29) is 16.7 Å². The van der Waals surface area contributed by atoms with E-state index in [1.165, 1.54) is 99.8 Å². The number of benzene rings is 8. The van der Waals surface area contributed by atoms with Crippen molar-refractivity contribution in [2.75, 3.05) is 0 Å². The van der Waals surface area contributed by atoms with Crippen molar-refractivity contribution < 1.29 is 0 Å². The van der Waals surface area contributed by atoms with Gasteiger partial charge in [-0.15, -0.1) is 0 Å². The van der Waals surface area contributed by atoms with Crippen LogP contribution in [0.1, 0.15) is 72.6 Å². The second kappa shape index (κ2) is 12.0. The summed E-state index contributed by atoms with van der Waals surface area (Å²) in [6.07, 6.45) is 0. The van der Waals surface area contributed by atoms with Gasteiger partial charge in [0.25, 0.3) is 0 Å². The number of fused-ring (bicyclic) bond motifs is 9. The highest BCUT2D eigenvalue weighted by Gasteiger charge is 2.37. The molecule has 0 N–H and O–H groups in total. The Labute approximate surface area is 329 Å². The molecule has 0 fully saturated rings. The Morgan fingerprint density at radius 2 is 0.857 bits per heavy atom. The Morgan fingerprint density at radius 1 is 0.357 bits per heavy atom. The quantitative estimate of drug-likeness (QED) is 0.156. The van der Waals surface area contributed by atoms with E-state index < -0.39 is 0 Å². The summed E-state index contributed by atoms with van der Waals surface area (Å²) in [5, 5.41) is 2.55. The van der Waals surface area contributed by atoms with Crippen LogP contribution in [0.25, 0.3) is 60.9 Å². The molecule has 0 bridgehead atoms. The van der Waals surface area contributed by atoms with E-state index >= 15 is 0 Å². The maximum Gasteiger partial charge on any atom is 0.0541 e. The van der Waals surface area contributed by atoms with Gasteiger partial charge in [0.15, 0.2) is 0 Å². The van der Waals surface area contributed by atoms with Gasteiger partial charge < -0.3 is 4.57 Å². The van der Waals surface area contributed by atoms with E-state index in [4.69, 9.17) is 0 Å². The molecule has 8 aromatic carbocycles. The molecule has 1 unspecified atom stereocenters. The first-order valence-electron chi connectivity index (χ1n) is 20.0. The molecule has 0 saturated heterocycles. The summed E-state index contributed by atoms with van der Waals surface area (Å²) in [6, 6.07) is 68.3. The Hall–Kier alpha value is -6.44. The van der Waals surface area contributed by atoms with E-state index in [2.05, 4.69) is 214 Å². The zero-order valence-electron chi connectivity index (χ0n) is 32.3. The van der Waals surface area contributed by atoms with Crippen LogP contribution in [0, 0.1) is 0 Å². The average Bonchev–Trinajstić information content (AvgIpc) is 3.78. The van der Waals surface area contributed by atoms with Crippen molar-refractivity contribution in [2.24, 2.45) is 0 Å². The fourth-order valence-corrected chi connectivity index (χ4v) is 10.3. The van der Waals surface area contributed by atoms with Gasteiger partial charge in [0.05, 0.1) is 11.0 Å². The van der Waals surface area contributed by atoms with Gasteiger partial charge in [-0.2, -0.15) is 0 Å². The van der Waals surface area contributed by atoms with E-state index in [0.717, 1.165) is 0 Å². The van der Waals surface area contributed by atoms with E-state index in [1.807, 2.05) is 0 Å². The van der Waals surface area contributed by atoms with Crippen LogP contribution < -0.4 is 0 Å². The molecule has 1 heteroatoms. The first-order valence-corrected chi connectivity index (χ1v) is 20.0. The number of aromatic nitrogens is 1. The Kier molecular flexibility index (Phi) is 7.08. The molecule has 0 amide bonds. The zero-order chi connectivity index (χ0) is 37.8. The van der Waals surface area contributed by atoms with Gasteiger partial charge in [-0.3, -0.25) is 0 Å². The van der Waals surface area contributed by atoms with Gasteiger partial charge in [-0.1, -0.05) is 173 Å². The van der Waals surface area contributed by atoms with Crippen molar-refractivity contribution in [1.29, 1.82) is 0 Å². The minimum atomic E-state index is -0.0790. The monoisotopic (exact) mass is 717 g/mol. The van der Waals surface area contributed by atoms with Crippen molar-refractivity contribution in [3.05, 3.63) is 221 Å². The maximum absolute atomic E-state index is 2.51. The summed E-state index contributed by atoms with van der Waals surface area (Å²) in [5.41, 5.74) is 21.0. The lowest BCUT2D eigenvalue weighted by Gasteiger charge is -2.25. The van der Waals surface area contributed by atoms with E-state index in [0.29, 0.717) is 0 Å². The molecule has 1 atom stereocenters. The summed E-state index contributed by atoms with van der Waals surface area (Å²) >= 11 is 0. The van der Waals surface area contributed by atoms with Crippen LogP contribution in [0.4, 0.5) is 0 Å². The normalized spacial score (nSPS) is 15.0. The fourth-order valence-electron chi connectivity index (χ4n) is 10.3. The Bertz CT molecular complexity index is 3010. The van der Waals surface area contributed by atoms with Gasteiger partial charge in [-0.25, -0.2) is 0 Å². The molecule has 2 aliphatic rings. The van der Waals surface area contributed by atoms with Crippen LogP contribution in [0.2, 0.25) is 0 Å². The molecule has 0 radical (unpaired) electrons. The second-order valence-corrected chi connectivity index (χ2v) is 16.9. The van der Waals surface area contributed by atoms with Crippen molar-refractivity contribution in [1.82, 2.24) is 4.57 Å². The molecule has 1 heterocycles. The molecule has 0 spiro atoms. The third-order valence-electron chi connectivity index (χ3n) is 13.1. The van der Waals surface area contributed by atoms with Gasteiger partial charge >= 0.3 is 0 Å². The highest BCUT2D eigenvalue weighted by Crippen LogP contribution is 2.51. The highest BCUT2D eigenvalue weighted by molar-refractivity contribution is 6.09. The highest BCUT2D eigenvalue weighted by atomic mass is 15.0. The van der Waals surface area contributed by atoms with Gasteiger partial charge in [-0.05, 0) is 109 Å². The molecule has 56 heavy (non-hydrogen) atoms. The predicted octanol–water partition coefficient (Wildman–Crippen LogP) is 14.2. The number of nitrogens with zero attached hydrogens (tertiary/aromatic N) is 1. The molecule has 268 valence electrons. The van der Waals surface area contributed by atoms with Crippen LogP contribution in [0.5, 0.6) is 0 Å². The van der Waals surface area contributed by atoms with Crippen molar-refractivity contribution in [3.8, 4) is 39.1 Å². The lowest BCUT2D eigenvalue weighted by atomic mass is 9.78. The second-order valence-electron chi connectivity index (χ2n) is 16.9. The summed E-state index contributed by atoms with van der Waals surface area (Å²) < 4.78 is 2.41. The van der Waals surface area contributed by atoms with Crippen LogP contribution in [-0.4, -0.2) is 4.57 Å². The van der Waals surface area contributed by atoms with Gasteiger partial charge in [0.1, 0.15) is 0 Å².